The standard InChI is InChI=1S/C32H30F2N4O3S/c1-20-7-5-10-23(15-20)38-32-29(30(36-38)21-8-3-2-4-9-21)31(25-13-12-22(33)16-26(25)34)42-19-28(40)37(32)18-27(39)35-17-24-11-6-14-41-24/h2-5,7-10,12-13,15-16,24,31H,6,11,14,17-19H2,1H3,(H,35,39)/t24-,31-/m1/s1. The number of benzene rings is 3. The molecule has 10 heteroatoms. The molecule has 0 saturated carbocycles. The van der Waals surface area contributed by atoms with Gasteiger partial charge in [-0.3, -0.25) is 14.5 Å². The summed E-state index contributed by atoms with van der Waals surface area (Å²) in [4.78, 5) is 28.5. The quantitative estimate of drug-likeness (QED) is 0.305. The molecule has 2 atom stereocenters. The number of carbonyl (C=O) groups excluding carboxylic acids is 2. The van der Waals surface area contributed by atoms with Gasteiger partial charge in [0.05, 0.1) is 28.5 Å². The van der Waals surface area contributed by atoms with Crippen molar-refractivity contribution >= 4 is 29.4 Å². The highest BCUT2D eigenvalue weighted by Gasteiger charge is 2.38. The van der Waals surface area contributed by atoms with Crippen molar-refractivity contribution < 1.29 is 23.1 Å². The van der Waals surface area contributed by atoms with E-state index in [2.05, 4.69) is 5.32 Å². The highest BCUT2D eigenvalue weighted by atomic mass is 32.2. The molecule has 3 heterocycles. The zero-order valence-corrected chi connectivity index (χ0v) is 23.9. The summed E-state index contributed by atoms with van der Waals surface area (Å²) in [5.41, 5.74) is 3.81. The Kier molecular flexibility index (Phi) is 8.08. The van der Waals surface area contributed by atoms with Crippen LogP contribution in [-0.4, -0.2) is 53.1 Å². The molecule has 2 aliphatic rings. The molecule has 42 heavy (non-hydrogen) atoms. The Hall–Kier alpha value is -4.02. The Balaban J connectivity index is 1.53. The number of hydrogen-bond donors (Lipinski definition) is 1. The molecule has 0 unspecified atom stereocenters. The van der Waals surface area contributed by atoms with Crippen LogP contribution in [0.5, 0.6) is 0 Å². The van der Waals surface area contributed by atoms with E-state index in [0.29, 0.717) is 35.9 Å². The molecule has 0 radical (unpaired) electrons. The van der Waals surface area contributed by atoms with E-state index in [0.717, 1.165) is 30.0 Å². The molecule has 1 aromatic heterocycles. The van der Waals surface area contributed by atoms with Crippen molar-refractivity contribution in [2.24, 2.45) is 0 Å². The van der Waals surface area contributed by atoms with E-state index >= 15 is 4.39 Å². The van der Waals surface area contributed by atoms with Gasteiger partial charge in [-0.2, -0.15) is 5.10 Å². The molecule has 2 amide bonds. The lowest BCUT2D eigenvalue weighted by molar-refractivity contribution is -0.123. The summed E-state index contributed by atoms with van der Waals surface area (Å²) in [5, 5.41) is 7.22. The first-order valence-electron chi connectivity index (χ1n) is 13.9. The van der Waals surface area contributed by atoms with Gasteiger partial charge in [-0.05, 0) is 43.5 Å². The van der Waals surface area contributed by atoms with Crippen LogP contribution in [0.3, 0.4) is 0 Å². The summed E-state index contributed by atoms with van der Waals surface area (Å²) in [6, 6.07) is 20.6. The van der Waals surface area contributed by atoms with Gasteiger partial charge in [-0.25, -0.2) is 13.5 Å². The van der Waals surface area contributed by atoms with Crippen molar-refractivity contribution in [3.05, 3.63) is 101 Å². The number of carbonyl (C=O) groups is 2. The van der Waals surface area contributed by atoms with Crippen molar-refractivity contribution in [2.45, 2.75) is 31.1 Å². The predicted octanol–water partition coefficient (Wildman–Crippen LogP) is 5.59. The lowest BCUT2D eigenvalue weighted by Crippen LogP contribution is -2.44. The molecule has 6 rings (SSSR count). The Bertz CT molecular complexity index is 1620. The molecule has 216 valence electrons. The molecule has 2 aliphatic heterocycles. The second kappa shape index (κ2) is 12.1. The third-order valence-corrected chi connectivity index (χ3v) is 8.72. The van der Waals surface area contributed by atoms with Crippen molar-refractivity contribution in [3.8, 4) is 16.9 Å². The van der Waals surface area contributed by atoms with E-state index in [-0.39, 0.29) is 35.8 Å². The molecular weight excluding hydrogens is 558 g/mol. The molecule has 1 N–H and O–H groups in total. The van der Waals surface area contributed by atoms with Gasteiger partial charge in [-0.1, -0.05) is 48.5 Å². The molecule has 0 bridgehead atoms. The van der Waals surface area contributed by atoms with Crippen LogP contribution in [0.15, 0.2) is 72.8 Å². The smallest absolute Gasteiger partial charge is 0.240 e. The normalized spacial score (nSPS) is 18.5. The predicted molar refractivity (Wildman–Crippen MR) is 159 cm³/mol. The van der Waals surface area contributed by atoms with Gasteiger partial charge in [0, 0.05) is 35.9 Å². The highest BCUT2D eigenvalue weighted by molar-refractivity contribution is 8.00. The van der Waals surface area contributed by atoms with Crippen LogP contribution in [0, 0.1) is 18.6 Å². The molecule has 7 nitrogen and oxygen atoms in total. The molecule has 0 spiro atoms. The number of fused-ring (bicyclic) bond motifs is 1. The van der Waals surface area contributed by atoms with Crippen molar-refractivity contribution in [3.63, 3.8) is 0 Å². The summed E-state index contributed by atoms with van der Waals surface area (Å²) in [5.74, 6) is -1.68. The van der Waals surface area contributed by atoms with Crippen LogP contribution in [0.2, 0.25) is 0 Å². The number of thioether (sulfide) groups is 1. The third kappa shape index (κ3) is 5.69. The number of aryl methyl sites for hydroxylation is 1. The first kappa shape index (κ1) is 28.1. The van der Waals surface area contributed by atoms with E-state index in [1.807, 2.05) is 61.5 Å². The summed E-state index contributed by atoms with van der Waals surface area (Å²) in [7, 11) is 0. The molecular formula is C32H30F2N4O3S. The van der Waals surface area contributed by atoms with Crippen LogP contribution in [0.4, 0.5) is 14.6 Å². The fourth-order valence-electron chi connectivity index (χ4n) is 5.46. The number of halogens is 2. The minimum atomic E-state index is -0.712. The van der Waals surface area contributed by atoms with E-state index in [1.165, 1.54) is 28.8 Å². The topological polar surface area (TPSA) is 76.5 Å². The maximum atomic E-state index is 15.4. The largest absolute Gasteiger partial charge is 0.376 e. The zero-order chi connectivity index (χ0) is 29.2. The van der Waals surface area contributed by atoms with Gasteiger partial charge in [-0.15, -0.1) is 11.8 Å². The third-order valence-electron chi connectivity index (χ3n) is 7.48. The lowest BCUT2D eigenvalue weighted by atomic mass is 9.99. The minimum Gasteiger partial charge on any atom is -0.376 e. The second-order valence-corrected chi connectivity index (χ2v) is 11.6. The van der Waals surface area contributed by atoms with Crippen LogP contribution in [0.25, 0.3) is 16.9 Å². The first-order valence-corrected chi connectivity index (χ1v) is 14.9. The first-order chi connectivity index (χ1) is 20.4. The minimum absolute atomic E-state index is 0.0166. The van der Waals surface area contributed by atoms with Gasteiger partial charge in [0.2, 0.25) is 11.8 Å². The summed E-state index contributed by atoms with van der Waals surface area (Å²) in [6.45, 7) is 2.74. The van der Waals surface area contributed by atoms with Gasteiger partial charge < -0.3 is 10.1 Å². The Morgan fingerprint density at radius 1 is 1.10 bits per heavy atom. The second-order valence-electron chi connectivity index (χ2n) is 10.5. The number of rotatable bonds is 7. The van der Waals surface area contributed by atoms with Crippen LogP contribution in [0.1, 0.15) is 34.8 Å². The molecule has 1 saturated heterocycles. The molecule has 4 aromatic rings. The SMILES string of the molecule is Cc1cccc(-n2nc(-c3ccccc3)c3c2N(CC(=O)NC[C@H]2CCCO2)C(=O)CS[C@@H]3c2ccc(F)cc2F)c1. The monoisotopic (exact) mass is 588 g/mol. The fraction of sp³-hybridized carbons (Fsp3) is 0.281. The average molecular weight is 589 g/mol. The Morgan fingerprint density at radius 2 is 1.93 bits per heavy atom. The van der Waals surface area contributed by atoms with E-state index < -0.39 is 16.9 Å². The maximum Gasteiger partial charge on any atom is 0.240 e. The van der Waals surface area contributed by atoms with Crippen molar-refractivity contribution in [1.29, 1.82) is 0 Å². The number of nitrogens with one attached hydrogen (secondary N) is 1. The number of amides is 2. The highest BCUT2D eigenvalue weighted by Crippen LogP contribution is 2.49. The number of ether oxygens (including phenoxy) is 1. The van der Waals surface area contributed by atoms with Gasteiger partial charge in [0.25, 0.3) is 0 Å². The zero-order valence-electron chi connectivity index (χ0n) is 23.1. The van der Waals surface area contributed by atoms with E-state index in [9.17, 15) is 14.0 Å². The summed E-state index contributed by atoms with van der Waals surface area (Å²) < 4.78 is 36.6. The van der Waals surface area contributed by atoms with Gasteiger partial charge >= 0.3 is 0 Å². The average Bonchev–Trinajstić information content (AvgIpc) is 3.62. The molecule has 3 aromatic carbocycles. The summed E-state index contributed by atoms with van der Waals surface area (Å²) >= 11 is 1.23. The molecule has 1 fully saturated rings. The van der Waals surface area contributed by atoms with E-state index in [4.69, 9.17) is 9.84 Å². The number of aromatic nitrogens is 2. The van der Waals surface area contributed by atoms with Crippen molar-refractivity contribution in [2.75, 3.05) is 30.3 Å². The number of nitrogens with zero attached hydrogens (tertiary/aromatic N) is 3. The number of anilines is 1. The van der Waals surface area contributed by atoms with Gasteiger partial charge in [0.1, 0.15) is 24.0 Å². The molecule has 0 aliphatic carbocycles. The lowest BCUT2D eigenvalue weighted by Gasteiger charge is -2.23. The van der Waals surface area contributed by atoms with Crippen LogP contribution in [-0.2, 0) is 14.3 Å². The van der Waals surface area contributed by atoms with E-state index in [1.54, 1.807) is 4.68 Å². The van der Waals surface area contributed by atoms with Crippen LogP contribution >= 0.6 is 11.8 Å². The Labute approximate surface area is 246 Å². The maximum absolute atomic E-state index is 15.4. The van der Waals surface area contributed by atoms with Crippen molar-refractivity contribution in [1.82, 2.24) is 15.1 Å². The fourth-order valence-corrected chi connectivity index (χ4v) is 6.68. The van der Waals surface area contributed by atoms with Gasteiger partial charge in [0.15, 0.2) is 0 Å². The summed E-state index contributed by atoms with van der Waals surface area (Å²) in [6.07, 6.45) is 1.77. The number of hydrogen-bond acceptors (Lipinski definition) is 5. The Morgan fingerprint density at radius 3 is 2.67 bits per heavy atom. The van der Waals surface area contributed by atoms with Crippen LogP contribution < -0.4 is 10.2 Å².